The lowest BCUT2D eigenvalue weighted by molar-refractivity contribution is 0.0925. The van der Waals surface area contributed by atoms with Gasteiger partial charge in [0.2, 0.25) is 0 Å². The fraction of sp³-hybridized carbons (Fsp3) is 0.455. The first-order chi connectivity index (χ1) is 14.1. The summed E-state index contributed by atoms with van der Waals surface area (Å²) in [5, 5.41) is 9.70. The second-order valence-electron chi connectivity index (χ2n) is 7.45. The molecule has 7 nitrogen and oxygen atoms in total. The molecule has 3 N–H and O–H groups in total. The summed E-state index contributed by atoms with van der Waals surface area (Å²) in [6.07, 6.45) is 3.41. The van der Waals surface area contributed by atoms with Crippen molar-refractivity contribution >= 4 is 41.5 Å². The number of carbonyl (C=O) groups is 1. The molecule has 1 aromatic heterocycles. The Labute approximate surface area is 195 Å². The summed E-state index contributed by atoms with van der Waals surface area (Å²) in [4.78, 5) is 18.7. The Morgan fingerprint density at radius 1 is 1.17 bits per heavy atom. The number of amides is 1. The SMILES string of the molecule is CN=C(NCCCNC(=O)c1occc1C)NC1CCN(c2ccc(C)cc2)C1.I. The summed E-state index contributed by atoms with van der Waals surface area (Å²) >= 11 is 0. The number of nitrogens with one attached hydrogen (secondary N) is 3. The Morgan fingerprint density at radius 3 is 2.57 bits per heavy atom. The van der Waals surface area contributed by atoms with Gasteiger partial charge in [-0.15, -0.1) is 24.0 Å². The summed E-state index contributed by atoms with van der Waals surface area (Å²) in [5.41, 5.74) is 3.40. The Hall–Kier alpha value is -2.23. The van der Waals surface area contributed by atoms with Crippen molar-refractivity contribution in [2.24, 2.45) is 4.99 Å². The molecule has 0 radical (unpaired) electrons. The summed E-state index contributed by atoms with van der Waals surface area (Å²) in [7, 11) is 1.78. The summed E-state index contributed by atoms with van der Waals surface area (Å²) in [5.74, 6) is 1.01. The van der Waals surface area contributed by atoms with Crippen molar-refractivity contribution in [1.82, 2.24) is 16.0 Å². The highest BCUT2D eigenvalue weighted by molar-refractivity contribution is 14.0. The van der Waals surface area contributed by atoms with E-state index in [4.69, 9.17) is 4.42 Å². The molecule has 8 heteroatoms. The standard InChI is InChI=1S/C22H31N5O2.HI/c1-16-5-7-19(8-6-16)27-13-9-18(15-27)26-22(23-3)25-12-4-11-24-21(28)20-17(2)10-14-29-20;/h5-8,10,14,18H,4,9,11-13,15H2,1-3H3,(H,24,28)(H2,23,25,26);1H. The first kappa shape index (κ1) is 24.0. The fourth-order valence-corrected chi connectivity index (χ4v) is 3.44. The number of carbonyl (C=O) groups excluding carboxylic acids is 1. The van der Waals surface area contributed by atoms with Gasteiger partial charge in [0.15, 0.2) is 11.7 Å². The molecule has 0 saturated carbocycles. The molecule has 1 aliphatic rings. The molecule has 3 rings (SSSR count). The monoisotopic (exact) mass is 525 g/mol. The van der Waals surface area contributed by atoms with E-state index in [2.05, 4.69) is 57.0 Å². The molecule has 2 heterocycles. The third-order valence-electron chi connectivity index (χ3n) is 5.15. The third-order valence-corrected chi connectivity index (χ3v) is 5.15. The van der Waals surface area contributed by atoms with Crippen LogP contribution in [0.4, 0.5) is 5.69 Å². The molecule has 30 heavy (non-hydrogen) atoms. The van der Waals surface area contributed by atoms with Gasteiger partial charge < -0.3 is 25.3 Å². The van der Waals surface area contributed by atoms with Crippen molar-refractivity contribution in [2.75, 3.05) is 38.1 Å². The van der Waals surface area contributed by atoms with Gasteiger partial charge in [-0.2, -0.15) is 0 Å². The average Bonchev–Trinajstić information content (AvgIpc) is 3.36. The molecule has 1 fully saturated rings. The zero-order chi connectivity index (χ0) is 20.6. The van der Waals surface area contributed by atoms with Crippen molar-refractivity contribution in [1.29, 1.82) is 0 Å². The largest absolute Gasteiger partial charge is 0.459 e. The Bertz CT molecular complexity index is 834. The van der Waals surface area contributed by atoms with Gasteiger partial charge in [-0.25, -0.2) is 0 Å². The number of guanidine groups is 1. The van der Waals surface area contributed by atoms with E-state index in [-0.39, 0.29) is 29.9 Å². The third kappa shape index (κ3) is 6.65. The maximum absolute atomic E-state index is 12.0. The van der Waals surface area contributed by atoms with Crippen LogP contribution in [0, 0.1) is 13.8 Å². The van der Waals surface area contributed by atoms with E-state index in [1.807, 2.05) is 6.92 Å². The first-order valence-electron chi connectivity index (χ1n) is 10.2. The minimum absolute atomic E-state index is 0. The molecular weight excluding hydrogens is 493 g/mol. The van der Waals surface area contributed by atoms with Crippen LogP contribution in [0.5, 0.6) is 0 Å². The molecule has 164 valence electrons. The smallest absolute Gasteiger partial charge is 0.287 e. The van der Waals surface area contributed by atoms with Crippen LogP contribution >= 0.6 is 24.0 Å². The number of furan rings is 1. The van der Waals surface area contributed by atoms with E-state index in [0.717, 1.165) is 44.0 Å². The maximum Gasteiger partial charge on any atom is 0.287 e. The number of nitrogens with zero attached hydrogens (tertiary/aromatic N) is 2. The lowest BCUT2D eigenvalue weighted by atomic mass is 10.2. The van der Waals surface area contributed by atoms with Crippen LogP contribution in [-0.4, -0.2) is 51.1 Å². The Balaban J connectivity index is 0.00000320. The van der Waals surface area contributed by atoms with E-state index < -0.39 is 0 Å². The van der Waals surface area contributed by atoms with Gasteiger partial charge in [0.05, 0.1) is 6.26 Å². The average molecular weight is 525 g/mol. The quantitative estimate of drug-likeness (QED) is 0.224. The van der Waals surface area contributed by atoms with E-state index in [1.165, 1.54) is 17.5 Å². The summed E-state index contributed by atoms with van der Waals surface area (Å²) in [6.45, 7) is 7.27. The number of aliphatic imine (C=N–C) groups is 1. The molecule has 0 aliphatic carbocycles. The minimum atomic E-state index is -0.169. The lowest BCUT2D eigenvalue weighted by Gasteiger charge is -2.20. The highest BCUT2D eigenvalue weighted by Crippen LogP contribution is 2.20. The molecule has 1 aromatic carbocycles. The van der Waals surface area contributed by atoms with Crippen LogP contribution in [0.25, 0.3) is 0 Å². The van der Waals surface area contributed by atoms with Gasteiger partial charge in [-0.1, -0.05) is 17.7 Å². The van der Waals surface area contributed by atoms with Gasteiger partial charge in [0.25, 0.3) is 5.91 Å². The van der Waals surface area contributed by atoms with Gasteiger partial charge in [-0.3, -0.25) is 9.79 Å². The van der Waals surface area contributed by atoms with Crippen LogP contribution in [0.2, 0.25) is 0 Å². The van der Waals surface area contributed by atoms with E-state index in [1.54, 1.807) is 13.1 Å². The molecule has 1 amide bonds. The van der Waals surface area contributed by atoms with Crippen LogP contribution < -0.4 is 20.9 Å². The van der Waals surface area contributed by atoms with E-state index >= 15 is 0 Å². The second-order valence-corrected chi connectivity index (χ2v) is 7.45. The highest BCUT2D eigenvalue weighted by Gasteiger charge is 2.23. The Morgan fingerprint density at radius 2 is 1.90 bits per heavy atom. The van der Waals surface area contributed by atoms with Crippen molar-refractivity contribution < 1.29 is 9.21 Å². The molecule has 0 spiro atoms. The van der Waals surface area contributed by atoms with Crippen molar-refractivity contribution in [3.05, 3.63) is 53.5 Å². The number of aryl methyl sites for hydroxylation is 2. The van der Waals surface area contributed by atoms with Crippen LogP contribution in [0.1, 0.15) is 34.5 Å². The molecule has 1 aliphatic heterocycles. The molecule has 1 atom stereocenters. The predicted octanol–water partition coefficient (Wildman–Crippen LogP) is 3.08. The Kier molecular flexibility index (Phi) is 9.48. The first-order valence-corrected chi connectivity index (χ1v) is 10.2. The zero-order valence-corrected chi connectivity index (χ0v) is 20.2. The topological polar surface area (TPSA) is 81.9 Å². The number of hydrogen-bond acceptors (Lipinski definition) is 4. The van der Waals surface area contributed by atoms with Gasteiger partial charge in [0.1, 0.15) is 0 Å². The number of rotatable bonds is 7. The van der Waals surface area contributed by atoms with E-state index in [9.17, 15) is 4.79 Å². The molecule has 1 saturated heterocycles. The van der Waals surface area contributed by atoms with Gasteiger partial charge in [0, 0.05) is 50.5 Å². The summed E-state index contributed by atoms with van der Waals surface area (Å²) < 4.78 is 5.20. The highest BCUT2D eigenvalue weighted by atomic mass is 127. The van der Waals surface area contributed by atoms with Gasteiger partial charge >= 0.3 is 0 Å². The normalized spacial score (nSPS) is 16.2. The van der Waals surface area contributed by atoms with Crippen molar-refractivity contribution in [2.45, 2.75) is 32.7 Å². The maximum atomic E-state index is 12.0. The fourth-order valence-electron chi connectivity index (χ4n) is 3.44. The van der Waals surface area contributed by atoms with Crippen molar-refractivity contribution in [3.8, 4) is 0 Å². The number of hydrogen-bond donors (Lipinski definition) is 3. The van der Waals surface area contributed by atoms with Crippen LogP contribution in [0.15, 0.2) is 46.0 Å². The van der Waals surface area contributed by atoms with Crippen molar-refractivity contribution in [3.63, 3.8) is 0 Å². The van der Waals surface area contributed by atoms with Gasteiger partial charge in [-0.05, 0) is 44.9 Å². The molecule has 0 bridgehead atoms. The number of anilines is 1. The lowest BCUT2D eigenvalue weighted by Crippen LogP contribution is -2.45. The zero-order valence-electron chi connectivity index (χ0n) is 17.9. The predicted molar refractivity (Wildman–Crippen MR) is 132 cm³/mol. The molecule has 2 aromatic rings. The second kappa shape index (κ2) is 11.8. The number of benzene rings is 1. The molecular formula is C22H32IN5O2. The van der Waals surface area contributed by atoms with Crippen LogP contribution in [-0.2, 0) is 0 Å². The van der Waals surface area contributed by atoms with E-state index in [0.29, 0.717) is 18.3 Å². The summed E-state index contributed by atoms with van der Waals surface area (Å²) in [6, 6.07) is 10.8. The minimum Gasteiger partial charge on any atom is -0.459 e. The van der Waals surface area contributed by atoms with Crippen LogP contribution in [0.3, 0.4) is 0 Å². The number of halogens is 1. The molecule has 1 unspecified atom stereocenters.